The maximum atomic E-state index is 11.8. The van der Waals surface area contributed by atoms with Gasteiger partial charge in [0.25, 0.3) is 0 Å². The molecule has 2 rings (SSSR count). The molecule has 0 aromatic carbocycles. The van der Waals surface area contributed by atoms with Gasteiger partial charge in [0.05, 0.1) is 6.54 Å². The van der Waals surface area contributed by atoms with Gasteiger partial charge in [-0.1, -0.05) is 19.3 Å². The van der Waals surface area contributed by atoms with Crippen LogP contribution in [0.4, 0.5) is 0 Å². The summed E-state index contributed by atoms with van der Waals surface area (Å²) in [4.78, 5) is 16.1. The third kappa shape index (κ3) is 2.71. The van der Waals surface area contributed by atoms with Crippen LogP contribution in [0.1, 0.15) is 38.5 Å². The quantitative estimate of drug-likeness (QED) is 0.654. The predicted molar refractivity (Wildman–Crippen MR) is 60.7 cm³/mol. The molecule has 0 unspecified atom stereocenters. The van der Waals surface area contributed by atoms with Gasteiger partial charge in [-0.25, -0.2) is 0 Å². The molecule has 3 nitrogen and oxygen atoms in total. The zero-order chi connectivity index (χ0) is 10.7. The summed E-state index contributed by atoms with van der Waals surface area (Å²) in [7, 11) is 1.92. The highest BCUT2D eigenvalue weighted by Crippen LogP contribution is 2.23. The molecule has 0 bridgehead atoms. The zero-order valence-electron chi connectivity index (χ0n) is 9.74. The van der Waals surface area contributed by atoms with Crippen LogP contribution in [-0.2, 0) is 4.79 Å². The normalized spacial score (nSPS) is 26.7. The lowest BCUT2D eigenvalue weighted by atomic mass is 9.94. The van der Waals surface area contributed by atoms with Gasteiger partial charge in [0.2, 0.25) is 5.91 Å². The van der Waals surface area contributed by atoms with E-state index >= 15 is 0 Å². The van der Waals surface area contributed by atoms with E-state index in [4.69, 9.17) is 0 Å². The molecule has 86 valence electrons. The summed E-state index contributed by atoms with van der Waals surface area (Å²) < 4.78 is 0. The van der Waals surface area contributed by atoms with Gasteiger partial charge in [-0.2, -0.15) is 0 Å². The molecule has 0 N–H and O–H groups in total. The van der Waals surface area contributed by atoms with Crippen LogP contribution in [-0.4, -0.2) is 48.4 Å². The lowest BCUT2D eigenvalue weighted by molar-refractivity contribution is -0.130. The Hall–Kier alpha value is -0.570. The Labute approximate surface area is 92.4 Å². The van der Waals surface area contributed by atoms with Crippen molar-refractivity contribution in [1.29, 1.82) is 0 Å². The van der Waals surface area contributed by atoms with Crippen LogP contribution in [0.5, 0.6) is 0 Å². The molecule has 1 amide bonds. The Bertz CT molecular complexity index is 224. The second-order valence-corrected chi connectivity index (χ2v) is 4.93. The summed E-state index contributed by atoms with van der Waals surface area (Å²) >= 11 is 0. The first-order valence-corrected chi connectivity index (χ1v) is 6.25. The number of rotatable bonds is 1. The van der Waals surface area contributed by atoms with Crippen LogP contribution < -0.4 is 0 Å². The Balaban J connectivity index is 1.93. The van der Waals surface area contributed by atoms with Crippen molar-refractivity contribution >= 4 is 5.91 Å². The number of carbonyl (C=O) groups is 1. The predicted octanol–water partition coefficient (Wildman–Crippen LogP) is 1.48. The van der Waals surface area contributed by atoms with Gasteiger partial charge >= 0.3 is 0 Å². The van der Waals surface area contributed by atoms with Gasteiger partial charge < -0.3 is 4.90 Å². The average Bonchev–Trinajstić information content (AvgIpc) is 2.43. The molecule has 3 heteroatoms. The van der Waals surface area contributed by atoms with Gasteiger partial charge in [-0.15, -0.1) is 0 Å². The van der Waals surface area contributed by atoms with E-state index < -0.39 is 0 Å². The van der Waals surface area contributed by atoms with E-state index in [1.807, 2.05) is 11.9 Å². The molecule has 2 aliphatic rings. The topological polar surface area (TPSA) is 23.6 Å². The van der Waals surface area contributed by atoms with Gasteiger partial charge in [-0.3, -0.25) is 9.69 Å². The Morgan fingerprint density at radius 3 is 2.53 bits per heavy atom. The van der Waals surface area contributed by atoms with Crippen molar-refractivity contribution < 1.29 is 4.79 Å². The highest BCUT2D eigenvalue weighted by atomic mass is 16.2. The summed E-state index contributed by atoms with van der Waals surface area (Å²) in [5.74, 6) is 0.304. The minimum Gasteiger partial charge on any atom is -0.345 e. The smallest absolute Gasteiger partial charge is 0.236 e. The maximum Gasteiger partial charge on any atom is 0.236 e. The Morgan fingerprint density at radius 2 is 1.80 bits per heavy atom. The van der Waals surface area contributed by atoms with Crippen LogP contribution >= 0.6 is 0 Å². The monoisotopic (exact) mass is 210 g/mol. The van der Waals surface area contributed by atoms with Crippen LogP contribution in [0.2, 0.25) is 0 Å². The van der Waals surface area contributed by atoms with Gasteiger partial charge in [0, 0.05) is 26.2 Å². The number of nitrogens with zero attached hydrogens (tertiary/aromatic N) is 2. The Kier molecular flexibility index (Phi) is 3.62. The highest BCUT2D eigenvalue weighted by Gasteiger charge is 2.25. The second-order valence-electron chi connectivity index (χ2n) is 4.93. The van der Waals surface area contributed by atoms with E-state index in [1.165, 1.54) is 32.1 Å². The number of hydrogen-bond donors (Lipinski definition) is 0. The number of likely N-dealkylation sites (N-methyl/N-ethyl adjacent to an activating group) is 1. The van der Waals surface area contributed by atoms with E-state index in [0.717, 1.165) is 19.5 Å². The van der Waals surface area contributed by atoms with Crippen LogP contribution in [0.25, 0.3) is 0 Å². The van der Waals surface area contributed by atoms with Crippen molar-refractivity contribution in [2.75, 3.05) is 26.7 Å². The molecule has 2 fully saturated rings. The summed E-state index contributed by atoms with van der Waals surface area (Å²) in [6, 6.07) is 0.689. The molecular formula is C12H22N2O. The zero-order valence-corrected chi connectivity index (χ0v) is 9.74. The van der Waals surface area contributed by atoms with Crippen molar-refractivity contribution in [2.24, 2.45) is 0 Å². The fourth-order valence-corrected chi connectivity index (χ4v) is 2.77. The number of amides is 1. The molecule has 1 heterocycles. The fraction of sp³-hybridized carbons (Fsp3) is 0.917. The Morgan fingerprint density at radius 1 is 1.07 bits per heavy atom. The summed E-state index contributed by atoms with van der Waals surface area (Å²) in [6.07, 6.45) is 7.83. The van der Waals surface area contributed by atoms with E-state index in [0.29, 0.717) is 18.5 Å². The van der Waals surface area contributed by atoms with E-state index in [9.17, 15) is 4.79 Å². The molecule has 1 saturated carbocycles. The molecule has 0 aromatic rings. The molecule has 0 spiro atoms. The second kappa shape index (κ2) is 4.97. The maximum absolute atomic E-state index is 11.8. The van der Waals surface area contributed by atoms with Crippen molar-refractivity contribution in [3.8, 4) is 0 Å². The van der Waals surface area contributed by atoms with Gasteiger partial charge in [-0.05, 0) is 19.3 Å². The first-order chi connectivity index (χ1) is 7.27. The van der Waals surface area contributed by atoms with Crippen molar-refractivity contribution in [3.05, 3.63) is 0 Å². The van der Waals surface area contributed by atoms with E-state index in [-0.39, 0.29) is 0 Å². The molecule has 0 aromatic heterocycles. The van der Waals surface area contributed by atoms with Crippen LogP contribution in [0.15, 0.2) is 0 Å². The van der Waals surface area contributed by atoms with Crippen molar-refractivity contribution in [2.45, 2.75) is 44.6 Å². The van der Waals surface area contributed by atoms with E-state index in [1.54, 1.807) is 0 Å². The van der Waals surface area contributed by atoms with Crippen LogP contribution in [0, 0.1) is 0 Å². The summed E-state index contributed by atoms with van der Waals surface area (Å²) in [5.41, 5.74) is 0. The SMILES string of the molecule is CN1CCCN(C2CCCCC2)CC1=O. The standard InChI is InChI=1S/C12H22N2O/c1-13-8-5-9-14(10-12(13)15)11-6-3-2-4-7-11/h11H,2-10H2,1H3. The average molecular weight is 210 g/mol. The molecule has 1 saturated heterocycles. The third-order valence-electron chi connectivity index (χ3n) is 3.79. The fourth-order valence-electron chi connectivity index (χ4n) is 2.77. The first-order valence-electron chi connectivity index (χ1n) is 6.25. The summed E-state index contributed by atoms with van der Waals surface area (Å²) in [5, 5.41) is 0. The molecule has 1 aliphatic heterocycles. The lowest BCUT2D eigenvalue weighted by Gasteiger charge is -2.32. The number of carbonyl (C=O) groups excluding carboxylic acids is 1. The first kappa shape index (κ1) is 10.9. The highest BCUT2D eigenvalue weighted by molar-refractivity contribution is 5.78. The molecule has 15 heavy (non-hydrogen) atoms. The molecule has 0 radical (unpaired) electrons. The van der Waals surface area contributed by atoms with Crippen molar-refractivity contribution in [1.82, 2.24) is 9.80 Å². The van der Waals surface area contributed by atoms with E-state index in [2.05, 4.69) is 4.90 Å². The van der Waals surface area contributed by atoms with Crippen LogP contribution in [0.3, 0.4) is 0 Å². The number of hydrogen-bond acceptors (Lipinski definition) is 2. The third-order valence-corrected chi connectivity index (χ3v) is 3.79. The molecule has 0 atom stereocenters. The van der Waals surface area contributed by atoms with Gasteiger partial charge in [0.15, 0.2) is 0 Å². The van der Waals surface area contributed by atoms with Crippen molar-refractivity contribution in [3.63, 3.8) is 0 Å². The summed E-state index contributed by atoms with van der Waals surface area (Å²) in [6.45, 7) is 2.70. The molecular weight excluding hydrogens is 188 g/mol. The minimum atomic E-state index is 0.304. The largest absolute Gasteiger partial charge is 0.345 e. The molecule has 1 aliphatic carbocycles. The minimum absolute atomic E-state index is 0.304. The lowest BCUT2D eigenvalue weighted by Crippen LogP contribution is -2.41. The van der Waals surface area contributed by atoms with Gasteiger partial charge in [0.1, 0.15) is 0 Å².